The smallest absolute Gasteiger partial charge is 0.247 e. The highest BCUT2D eigenvalue weighted by atomic mass is 16.2. The third-order valence-electron chi connectivity index (χ3n) is 4.92. The summed E-state index contributed by atoms with van der Waals surface area (Å²) >= 11 is 0. The van der Waals surface area contributed by atoms with Crippen LogP contribution in [0.5, 0.6) is 0 Å². The average Bonchev–Trinajstić information content (AvgIpc) is 2.93. The average molecular weight is 307 g/mol. The van der Waals surface area contributed by atoms with Crippen LogP contribution in [-0.4, -0.2) is 36.2 Å². The largest absolute Gasteiger partial charge is 0.356 e. The van der Waals surface area contributed by atoms with Gasteiger partial charge in [0.1, 0.15) is 11.4 Å². The number of nitrogens with one attached hydrogen (secondary N) is 1. The molecule has 2 fully saturated rings. The Hall–Kier alpha value is -2.56. The van der Waals surface area contributed by atoms with Gasteiger partial charge in [-0.15, -0.1) is 0 Å². The van der Waals surface area contributed by atoms with Crippen molar-refractivity contribution in [2.45, 2.75) is 18.4 Å². The first-order chi connectivity index (χ1) is 11.3. The van der Waals surface area contributed by atoms with E-state index in [-0.39, 0.29) is 5.91 Å². The van der Waals surface area contributed by atoms with Crippen molar-refractivity contribution in [1.82, 2.24) is 10.3 Å². The SMILES string of the molecule is O=C1NCN(c2ccccc2)C12CCN(c1cc[c]cn1)CC2. The van der Waals surface area contributed by atoms with Crippen molar-refractivity contribution in [2.75, 3.05) is 29.6 Å². The van der Waals surface area contributed by atoms with Gasteiger partial charge >= 0.3 is 0 Å². The highest BCUT2D eigenvalue weighted by molar-refractivity contribution is 5.93. The standard InChI is InChI=1S/C18H19N4O/c23-17-18(22(14-20-17)15-6-2-1-3-7-15)9-12-21(13-10-18)16-8-4-5-11-19-16/h1-4,6-8,11H,9-10,12-14H2,(H,20,23). The van der Waals surface area contributed by atoms with E-state index in [1.165, 1.54) is 0 Å². The van der Waals surface area contributed by atoms with Gasteiger partial charge < -0.3 is 15.1 Å². The Morgan fingerprint density at radius 2 is 1.91 bits per heavy atom. The summed E-state index contributed by atoms with van der Waals surface area (Å²) in [5.41, 5.74) is 0.672. The van der Waals surface area contributed by atoms with Crippen LogP contribution in [0.4, 0.5) is 11.5 Å². The molecule has 2 aliphatic heterocycles. The van der Waals surface area contributed by atoms with Gasteiger partial charge in [0.05, 0.1) is 6.67 Å². The van der Waals surface area contributed by atoms with Crippen LogP contribution in [0.1, 0.15) is 12.8 Å². The summed E-state index contributed by atoms with van der Waals surface area (Å²) in [6, 6.07) is 17.0. The minimum absolute atomic E-state index is 0.148. The number of carbonyl (C=O) groups is 1. The van der Waals surface area contributed by atoms with Crippen molar-refractivity contribution in [2.24, 2.45) is 0 Å². The van der Waals surface area contributed by atoms with E-state index in [4.69, 9.17) is 0 Å². The molecule has 1 aromatic carbocycles. The van der Waals surface area contributed by atoms with Crippen LogP contribution in [-0.2, 0) is 4.79 Å². The first-order valence-corrected chi connectivity index (χ1v) is 7.98. The first kappa shape index (κ1) is 14.1. The molecule has 0 unspecified atom stereocenters. The molecule has 0 atom stereocenters. The van der Waals surface area contributed by atoms with Crippen LogP contribution in [0, 0.1) is 6.07 Å². The molecule has 1 N–H and O–H groups in total. The molecular weight excluding hydrogens is 288 g/mol. The van der Waals surface area contributed by atoms with Crippen LogP contribution < -0.4 is 15.1 Å². The normalized spacial score (nSPS) is 19.9. The van der Waals surface area contributed by atoms with Crippen LogP contribution in [0.2, 0.25) is 0 Å². The Bertz CT molecular complexity index is 681. The summed E-state index contributed by atoms with van der Waals surface area (Å²) in [7, 11) is 0. The van der Waals surface area contributed by atoms with Gasteiger partial charge in [0.15, 0.2) is 0 Å². The van der Waals surface area contributed by atoms with Crippen molar-refractivity contribution in [3.05, 3.63) is 54.7 Å². The molecular formula is C18H19N4O. The van der Waals surface area contributed by atoms with Gasteiger partial charge in [-0.25, -0.2) is 4.98 Å². The van der Waals surface area contributed by atoms with Gasteiger partial charge in [-0.3, -0.25) is 4.79 Å². The second-order valence-electron chi connectivity index (χ2n) is 6.06. The Morgan fingerprint density at radius 3 is 2.61 bits per heavy atom. The number of aromatic nitrogens is 1. The van der Waals surface area contributed by atoms with E-state index in [9.17, 15) is 4.79 Å². The highest BCUT2D eigenvalue weighted by Crippen LogP contribution is 2.36. The zero-order chi connectivity index (χ0) is 15.7. The number of anilines is 2. The molecule has 0 aliphatic carbocycles. The maximum Gasteiger partial charge on any atom is 0.247 e. The fraction of sp³-hybridized carbons (Fsp3) is 0.333. The molecule has 1 amide bonds. The summed E-state index contributed by atoms with van der Waals surface area (Å²) in [6.07, 6.45) is 3.29. The van der Waals surface area contributed by atoms with Crippen molar-refractivity contribution in [3.8, 4) is 0 Å². The van der Waals surface area contributed by atoms with Crippen LogP contribution in [0.25, 0.3) is 0 Å². The molecule has 4 rings (SSSR count). The minimum Gasteiger partial charge on any atom is -0.356 e. The summed E-state index contributed by atoms with van der Waals surface area (Å²) in [5, 5.41) is 3.03. The predicted molar refractivity (Wildman–Crippen MR) is 89.2 cm³/mol. The van der Waals surface area contributed by atoms with Gasteiger partial charge in [0, 0.05) is 31.0 Å². The Labute approximate surface area is 135 Å². The Balaban J connectivity index is 1.57. The van der Waals surface area contributed by atoms with E-state index in [1.54, 1.807) is 6.20 Å². The van der Waals surface area contributed by atoms with Gasteiger partial charge in [-0.2, -0.15) is 0 Å². The molecule has 1 spiro atoms. The molecule has 2 aromatic rings. The molecule has 2 saturated heterocycles. The molecule has 0 saturated carbocycles. The lowest BCUT2D eigenvalue weighted by atomic mass is 9.85. The second-order valence-corrected chi connectivity index (χ2v) is 6.06. The number of carbonyl (C=O) groups excluding carboxylic acids is 1. The van der Waals surface area contributed by atoms with Crippen molar-refractivity contribution < 1.29 is 4.79 Å². The first-order valence-electron chi connectivity index (χ1n) is 7.98. The summed E-state index contributed by atoms with van der Waals surface area (Å²) in [4.78, 5) is 21.4. The predicted octanol–water partition coefficient (Wildman–Crippen LogP) is 1.81. The molecule has 1 radical (unpaired) electrons. The molecule has 3 heterocycles. The zero-order valence-corrected chi connectivity index (χ0v) is 12.9. The number of benzene rings is 1. The maximum atomic E-state index is 12.6. The van der Waals surface area contributed by atoms with E-state index in [0.29, 0.717) is 6.67 Å². The Morgan fingerprint density at radius 1 is 1.13 bits per heavy atom. The lowest BCUT2D eigenvalue weighted by molar-refractivity contribution is -0.124. The molecule has 2 aliphatic rings. The zero-order valence-electron chi connectivity index (χ0n) is 12.9. The quantitative estimate of drug-likeness (QED) is 0.919. The lowest BCUT2D eigenvalue weighted by Crippen LogP contribution is -2.56. The van der Waals surface area contributed by atoms with Crippen molar-refractivity contribution >= 4 is 17.4 Å². The van der Waals surface area contributed by atoms with Crippen LogP contribution in [0.15, 0.2) is 48.7 Å². The Kier molecular flexibility index (Phi) is 3.41. The number of amides is 1. The monoisotopic (exact) mass is 307 g/mol. The van der Waals surface area contributed by atoms with Crippen molar-refractivity contribution in [1.29, 1.82) is 0 Å². The van der Waals surface area contributed by atoms with Crippen molar-refractivity contribution in [3.63, 3.8) is 0 Å². The van der Waals surface area contributed by atoms with Crippen LogP contribution in [0.3, 0.4) is 0 Å². The van der Waals surface area contributed by atoms with E-state index in [0.717, 1.165) is 37.4 Å². The number of hydrogen-bond donors (Lipinski definition) is 1. The topological polar surface area (TPSA) is 48.5 Å². The molecule has 5 nitrogen and oxygen atoms in total. The molecule has 23 heavy (non-hydrogen) atoms. The summed E-state index contributed by atoms with van der Waals surface area (Å²) < 4.78 is 0. The van der Waals surface area contributed by atoms with Crippen LogP contribution >= 0.6 is 0 Å². The van der Waals surface area contributed by atoms with Gasteiger partial charge in [-0.1, -0.05) is 18.2 Å². The van der Waals surface area contributed by atoms with E-state index in [1.807, 2.05) is 30.3 Å². The van der Waals surface area contributed by atoms with E-state index < -0.39 is 5.54 Å². The number of rotatable bonds is 2. The van der Waals surface area contributed by atoms with Gasteiger partial charge in [0.25, 0.3) is 0 Å². The second kappa shape index (κ2) is 5.57. The fourth-order valence-electron chi connectivity index (χ4n) is 3.64. The van der Waals surface area contributed by atoms with Gasteiger partial charge in [0.2, 0.25) is 5.91 Å². The maximum absolute atomic E-state index is 12.6. The number of pyridine rings is 1. The number of para-hydroxylation sites is 1. The minimum atomic E-state index is -0.432. The fourth-order valence-corrected chi connectivity index (χ4v) is 3.64. The molecule has 0 bridgehead atoms. The molecule has 117 valence electrons. The van der Waals surface area contributed by atoms with Gasteiger partial charge in [-0.05, 0) is 37.1 Å². The van der Waals surface area contributed by atoms with E-state index in [2.05, 4.69) is 38.3 Å². The third-order valence-corrected chi connectivity index (χ3v) is 4.92. The summed E-state index contributed by atoms with van der Waals surface area (Å²) in [5.74, 6) is 1.11. The summed E-state index contributed by atoms with van der Waals surface area (Å²) in [6.45, 7) is 2.24. The molecule has 1 aromatic heterocycles. The number of nitrogens with zero attached hydrogens (tertiary/aromatic N) is 3. The highest BCUT2D eigenvalue weighted by Gasteiger charge is 2.50. The van der Waals surface area contributed by atoms with E-state index >= 15 is 0 Å². The number of piperidine rings is 1. The number of hydrogen-bond acceptors (Lipinski definition) is 4. The lowest BCUT2D eigenvalue weighted by Gasteiger charge is -2.43. The molecule has 5 heteroatoms. The third kappa shape index (κ3) is 2.32.